The lowest BCUT2D eigenvalue weighted by atomic mass is 10.1. The van der Waals surface area contributed by atoms with Crippen molar-refractivity contribution in [1.29, 1.82) is 0 Å². The number of fused-ring (bicyclic) bond motifs is 1. The molecule has 0 unspecified atom stereocenters. The molecule has 0 fully saturated rings. The number of hydrogen-bond donors (Lipinski definition) is 0. The van der Waals surface area contributed by atoms with E-state index < -0.39 is 5.97 Å². The second kappa shape index (κ2) is 4.42. The molecule has 0 N–H and O–H groups in total. The maximum atomic E-state index is 11.8. The summed E-state index contributed by atoms with van der Waals surface area (Å²) >= 11 is 0. The highest BCUT2D eigenvalue weighted by atomic mass is 16.7. The van der Waals surface area contributed by atoms with E-state index in [2.05, 4.69) is 4.74 Å². The molecular weight excluding hydrogens is 226 g/mol. The van der Waals surface area contributed by atoms with Crippen LogP contribution in [0.25, 0.3) is 0 Å². The number of ether oxygens (including phenoxy) is 2. The van der Waals surface area contributed by atoms with Crippen LogP contribution >= 0.6 is 0 Å². The molecule has 6 heteroatoms. The van der Waals surface area contributed by atoms with Crippen LogP contribution in [0, 0.1) is 0 Å². The van der Waals surface area contributed by atoms with Gasteiger partial charge in [0.15, 0.2) is 6.73 Å². The summed E-state index contributed by atoms with van der Waals surface area (Å²) in [5.41, 5.74) is 0.690. The standard InChI is InChI=1S/C11H11NO5/c1-15-11(14)7-3-4-8-9(5-7)17-6-12(16-2)10(8)13/h3-5H,6H2,1-2H3. The summed E-state index contributed by atoms with van der Waals surface area (Å²) in [4.78, 5) is 27.9. The Balaban J connectivity index is 2.36. The Morgan fingerprint density at radius 2 is 2.18 bits per heavy atom. The highest BCUT2D eigenvalue weighted by molar-refractivity contribution is 5.99. The number of carbonyl (C=O) groups excluding carboxylic acids is 2. The number of hydroxylamine groups is 2. The van der Waals surface area contributed by atoms with E-state index in [9.17, 15) is 9.59 Å². The number of methoxy groups -OCH3 is 1. The molecule has 90 valence electrons. The van der Waals surface area contributed by atoms with Crippen LogP contribution in [0.2, 0.25) is 0 Å². The van der Waals surface area contributed by atoms with Crippen molar-refractivity contribution in [1.82, 2.24) is 5.06 Å². The van der Waals surface area contributed by atoms with Crippen LogP contribution in [0.1, 0.15) is 20.7 Å². The Labute approximate surface area is 97.6 Å². The van der Waals surface area contributed by atoms with Gasteiger partial charge in [-0.05, 0) is 18.2 Å². The molecule has 1 aromatic rings. The van der Waals surface area contributed by atoms with E-state index in [1.807, 2.05) is 0 Å². The molecule has 6 nitrogen and oxygen atoms in total. The fraction of sp³-hybridized carbons (Fsp3) is 0.273. The first-order chi connectivity index (χ1) is 8.17. The Hall–Kier alpha value is -2.08. The van der Waals surface area contributed by atoms with Crippen molar-refractivity contribution in [3.05, 3.63) is 29.3 Å². The van der Waals surface area contributed by atoms with Gasteiger partial charge >= 0.3 is 5.97 Å². The molecule has 1 aromatic carbocycles. The third-order valence-corrected chi connectivity index (χ3v) is 2.42. The summed E-state index contributed by atoms with van der Waals surface area (Å²) < 4.78 is 9.89. The fourth-order valence-corrected chi connectivity index (χ4v) is 1.52. The molecule has 0 radical (unpaired) electrons. The van der Waals surface area contributed by atoms with Gasteiger partial charge in [0.1, 0.15) is 5.75 Å². The maximum Gasteiger partial charge on any atom is 0.337 e. The minimum Gasteiger partial charge on any atom is -0.470 e. The van der Waals surface area contributed by atoms with Crippen molar-refractivity contribution in [3.63, 3.8) is 0 Å². The van der Waals surface area contributed by atoms with E-state index in [1.165, 1.54) is 32.4 Å². The van der Waals surface area contributed by atoms with Gasteiger partial charge in [-0.25, -0.2) is 4.79 Å². The lowest BCUT2D eigenvalue weighted by Gasteiger charge is -2.26. The summed E-state index contributed by atoms with van der Waals surface area (Å²) in [5.74, 6) is -0.422. The summed E-state index contributed by atoms with van der Waals surface area (Å²) in [5, 5.41) is 1.08. The number of amides is 1. The zero-order chi connectivity index (χ0) is 12.4. The second-order valence-corrected chi connectivity index (χ2v) is 3.34. The molecule has 0 aromatic heterocycles. The van der Waals surface area contributed by atoms with Gasteiger partial charge in [-0.15, -0.1) is 0 Å². The minimum absolute atomic E-state index is 0.00698. The average Bonchev–Trinajstić information content (AvgIpc) is 2.38. The number of carbonyl (C=O) groups is 2. The quantitative estimate of drug-likeness (QED) is 0.713. The van der Waals surface area contributed by atoms with Crippen molar-refractivity contribution < 1.29 is 23.9 Å². The Kier molecular flexibility index (Phi) is 2.97. The summed E-state index contributed by atoms with van der Waals surface area (Å²) in [6.07, 6.45) is 0. The van der Waals surface area contributed by atoms with Crippen LogP contribution in [0.5, 0.6) is 5.75 Å². The molecule has 0 spiro atoms. The Morgan fingerprint density at radius 3 is 2.82 bits per heavy atom. The van der Waals surface area contributed by atoms with Crippen LogP contribution in [-0.2, 0) is 9.57 Å². The van der Waals surface area contributed by atoms with Gasteiger partial charge in [-0.3, -0.25) is 9.63 Å². The molecule has 0 bridgehead atoms. The number of hydrogen-bond acceptors (Lipinski definition) is 5. The van der Waals surface area contributed by atoms with Gasteiger partial charge in [0.25, 0.3) is 5.91 Å². The lowest BCUT2D eigenvalue weighted by Crippen LogP contribution is -2.37. The molecule has 0 aliphatic carbocycles. The SMILES string of the molecule is COC(=O)c1ccc2c(c1)OCN(OC)C2=O. The predicted molar refractivity (Wildman–Crippen MR) is 56.5 cm³/mol. The summed E-state index contributed by atoms with van der Waals surface area (Å²) in [7, 11) is 2.68. The maximum absolute atomic E-state index is 11.8. The minimum atomic E-state index is -0.474. The van der Waals surface area contributed by atoms with Gasteiger partial charge in [-0.1, -0.05) is 0 Å². The van der Waals surface area contributed by atoms with E-state index in [0.29, 0.717) is 16.9 Å². The number of nitrogens with zero attached hydrogens (tertiary/aromatic N) is 1. The van der Waals surface area contributed by atoms with E-state index in [0.717, 1.165) is 5.06 Å². The second-order valence-electron chi connectivity index (χ2n) is 3.34. The number of rotatable bonds is 2. The molecule has 0 atom stereocenters. The molecule has 1 amide bonds. The van der Waals surface area contributed by atoms with Crippen molar-refractivity contribution in [2.24, 2.45) is 0 Å². The topological polar surface area (TPSA) is 65.1 Å². The van der Waals surface area contributed by atoms with Crippen molar-refractivity contribution in [2.45, 2.75) is 0 Å². The molecular formula is C11H11NO5. The molecule has 17 heavy (non-hydrogen) atoms. The van der Waals surface area contributed by atoms with Gasteiger partial charge in [0.2, 0.25) is 0 Å². The molecule has 1 aliphatic rings. The third-order valence-electron chi connectivity index (χ3n) is 2.42. The lowest BCUT2D eigenvalue weighted by molar-refractivity contribution is -0.135. The Morgan fingerprint density at radius 1 is 1.41 bits per heavy atom. The molecule has 1 aliphatic heterocycles. The van der Waals surface area contributed by atoms with E-state index in [-0.39, 0.29) is 12.6 Å². The zero-order valence-electron chi connectivity index (χ0n) is 9.43. The smallest absolute Gasteiger partial charge is 0.337 e. The van der Waals surface area contributed by atoms with Gasteiger partial charge in [-0.2, -0.15) is 5.06 Å². The molecule has 1 heterocycles. The van der Waals surface area contributed by atoms with Crippen molar-refractivity contribution in [2.75, 3.05) is 21.0 Å². The molecule has 0 saturated heterocycles. The van der Waals surface area contributed by atoms with Crippen LogP contribution in [-0.4, -0.2) is 37.9 Å². The Bertz CT molecular complexity index is 471. The first-order valence-corrected chi connectivity index (χ1v) is 4.88. The first kappa shape index (κ1) is 11.4. The van der Waals surface area contributed by atoms with Crippen LogP contribution in [0.4, 0.5) is 0 Å². The summed E-state index contributed by atoms with van der Waals surface area (Å²) in [6, 6.07) is 4.49. The highest BCUT2D eigenvalue weighted by Crippen LogP contribution is 2.26. The van der Waals surface area contributed by atoms with E-state index >= 15 is 0 Å². The van der Waals surface area contributed by atoms with Gasteiger partial charge in [0, 0.05) is 0 Å². The highest BCUT2D eigenvalue weighted by Gasteiger charge is 2.26. The van der Waals surface area contributed by atoms with Gasteiger partial charge in [0.05, 0.1) is 25.3 Å². The van der Waals surface area contributed by atoms with E-state index in [1.54, 1.807) is 0 Å². The van der Waals surface area contributed by atoms with Crippen LogP contribution in [0.15, 0.2) is 18.2 Å². The molecule has 0 saturated carbocycles. The van der Waals surface area contributed by atoms with Crippen LogP contribution < -0.4 is 4.74 Å². The van der Waals surface area contributed by atoms with E-state index in [4.69, 9.17) is 9.57 Å². The fourth-order valence-electron chi connectivity index (χ4n) is 1.52. The average molecular weight is 237 g/mol. The van der Waals surface area contributed by atoms with Crippen molar-refractivity contribution >= 4 is 11.9 Å². The van der Waals surface area contributed by atoms with Crippen LogP contribution in [0.3, 0.4) is 0 Å². The normalized spacial score (nSPS) is 14.0. The third kappa shape index (κ3) is 1.94. The predicted octanol–water partition coefficient (Wildman–Crippen LogP) is 0.827. The summed E-state index contributed by atoms with van der Waals surface area (Å²) in [6.45, 7) is -0.00698. The zero-order valence-corrected chi connectivity index (χ0v) is 9.43. The first-order valence-electron chi connectivity index (χ1n) is 4.88. The number of esters is 1. The van der Waals surface area contributed by atoms with Gasteiger partial charge < -0.3 is 9.47 Å². The largest absolute Gasteiger partial charge is 0.470 e. The van der Waals surface area contributed by atoms with Crippen molar-refractivity contribution in [3.8, 4) is 5.75 Å². The monoisotopic (exact) mass is 237 g/mol. The number of benzene rings is 1. The molecule has 2 rings (SSSR count).